The van der Waals surface area contributed by atoms with Gasteiger partial charge in [0.2, 0.25) is 11.9 Å². The summed E-state index contributed by atoms with van der Waals surface area (Å²) < 4.78 is 5.09. The maximum absolute atomic E-state index is 11.6. The first-order chi connectivity index (χ1) is 9.13. The lowest BCUT2D eigenvalue weighted by molar-refractivity contribution is -0.119. The van der Waals surface area contributed by atoms with Crippen LogP contribution in [0.5, 0.6) is 0 Å². The van der Waals surface area contributed by atoms with Crippen LogP contribution in [0.4, 0.5) is 11.8 Å². The Hall–Kier alpha value is -2.28. The molecule has 0 aliphatic carbocycles. The monoisotopic (exact) mass is 281 g/mol. The largest absolute Gasteiger partial charge is 0.467 e. The van der Waals surface area contributed by atoms with Crippen LogP contribution in [0.25, 0.3) is 0 Å². The number of nitrogen functional groups attached to an aromatic ring is 1. The van der Waals surface area contributed by atoms with E-state index in [4.69, 9.17) is 21.8 Å². The van der Waals surface area contributed by atoms with Crippen LogP contribution < -0.4 is 16.4 Å². The van der Waals surface area contributed by atoms with Crippen LogP contribution in [-0.2, 0) is 11.3 Å². The Labute approximate surface area is 114 Å². The van der Waals surface area contributed by atoms with Gasteiger partial charge in [-0.1, -0.05) is 11.6 Å². The molecule has 0 aromatic carbocycles. The lowest BCUT2D eigenvalue weighted by Gasteiger charge is -2.06. The van der Waals surface area contributed by atoms with Gasteiger partial charge in [-0.15, -0.1) is 0 Å². The molecule has 2 heterocycles. The summed E-state index contributed by atoms with van der Waals surface area (Å²) >= 11 is 5.71. The number of carbonyl (C=O) groups is 1. The fourth-order valence-electron chi connectivity index (χ4n) is 1.36. The number of carbonyl (C=O) groups excluding carboxylic acids is 1. The van der Waals surface area contributed by atoms with Crippen molar-refractivity contribution in [2.24, 2.45) is 0 Å². The maximum atomic E-state index is 11.6. The van der Waals surface area contributed by atoms with Crippen molar-refractivity contribution in [2.45, 2.75) is 6.54 Å². The first kappa shape index (κ1) is 13.2. The summed E-state index contributed by atoms with van der Waals surface area (Å²) in [6.45, 7) is 0.383. The minimum absolute atomic E-state index is 0.0472. The van der Waals surface area contributed by atoms with Gasteiger partial charge < -0.3 is 20.8 Å². The molecule has 0 bridgehead atoms. The molecule has 19 heavy (non-hydrogen) atoms. The molecule has 7 nitrogen and oxygen atoms in total. The topological polar surface area (TPSA) is 106 Å². The number of hydrogen-bond acceptors (Lipinski definition) is 6. The van der Waals surface area contributed by atoms with Crippen molar-refractivity contribution in [1.29, 1.82) is 0 Å². The van der Waals surface area contributed by atoms with Gasteiger partial charge in [0, 0.05) is 6.07 Å². The van der Waals surface area contributed by atoms with Gasteiger partial charge in [0.25, 0.3) is 0 Å². The molecule has 0 fully saturated rings. The number of rotatable bonds is 5. The van der Waals surface area contributed by atoms with Gasteiger partial charge in [-0.2, -0.15) is 4.98 Å². The Balaban J connectivity index is 1.79. The summed E-state index contributed by atoms with van der Waals surface area (Å²) in [4.78, 5) is 19.2. The number of anilines is 2. The first-order valence-electron chi connectivity index (χ1n) is 5.46. The second kappa shape index (κ2) is 6.05. The summed E-state index contributed by atoms with van der Waals surface area (Å²) in [6, 6.07) is 5.02. The number of aromatic nitrogens is 2. The standard InChI is InChI=1S/C11H12ClN5O2/c12-8-4-9(17-11(13)16-8)14-6-10(18)15-5-7-2-1-3-19-7/h1-4H,5-6H2,(H,15,18)(H3,13,14,16,17). The molecule has 2 rings (SSSR count). The second-order valence-electron chi connectivity index (χ2n) is 3.64. The second-order valence-corrected chi connectivity index (χ2v) is 4.03. The minimum Gasteiger partial charge on any atom is -0.467 e. The van der Waals surface area contributed by atoms with E-state index in [0.29, 0.717) is 18.1 Å². The van der Waals surface area contributed by atoms with Gasteiger partial charge in [0.05, 0.1) is 19.4 Å². The number of nitrogens with two attached hydrogens (primary N) is 1. The maximum Gasteiger partial charge on any atom is 0.239 e. The molecule has 0 unspecified atom stereocenters. The fraction of sp³-hybridized carbons (Fsp3) is 0.182. The van der Waals surface area contributed by atoms with E-state index >= 15 is 0 Å². The Morgan fingerprint density at radius 2 is 2.32 bits per heavy atom. The Bertz CT molecular complexity index is 538. The molecular formula is C11H12ClN5O2. The van der Waals surface area contributed by atoms with E-state index in [1.807, 2.05) is 0 Å². The summed E-state index contributed by atoms with van der Waals surface area (Å²) in [5.41, 5.74) is 5.43. The zero-order valence-electron chi connectivity index (χ0n) is 9.89. The smallest absolute Gasteiger partial charge is 0.239 e. The molecule has 0 radical (unpaired) electrons. The van der Waals surface area contributed by atoms with Gasteiger partial charge in [0.1, 0.15) is 16.7 Å². The van der Waals surface area contributed by atoms with Crippen molar-refractivity contribution in [3.8, 4) is 0 Å². The van der Waals surface area contributed by atoms with E-state index in [2.05, 4.69) is 20.6 Å². The van der Waals surface area contributed by atoms with Crippen LogP contribution in [-0.4, -0.2) is 22.4 Å². The molecule has 8 heteroatoms. The normalized spacial score (nSPS) is 10.2. The predicted octanol–water partition coefficient (Wildman–Crippen LogP) is 1.03. The molecule has 2 aromatic rings. The van der Waals surface area contributed by atoms with E-state index in [1.54, 1.807) is 18.4 Å². The number of halogens is 1. The number of nitrogens with zero attached hydrogens (tertiary/aromatic N) is 2. The highest BCUT2D eigenvalue weighted by Crippen LogP contribution is 2.11. The van der Waals surface area contributed by atoms with Crippen molar-refractivity contribution >= 4 is 29.3 Å². The third-order valence-corrected chi connectivity index (χ3v) is 2.38. The number of furan rings is 1. The molecule has 0 aliphatic heterocycles. The van der Waals surface area contributed by atoms with Gasteiger partial charge in [-0.3, -0.25) is 4.79 Å². The van der Waals surface area contributed by atoms with E-state index in [9.17, 15) is 4.79 Å². The van der Waals surface area contributed by atoms with E-state index in [-0.39, 0.29) is 23.6 Å². The highest BCUT2D eigenvalue weighted by molar-refractivity contribution is 6.29. The van der Waals surface area contributed by atoms with Crippen molar-refractivity contribution in [3.63, 3.8) is 0 Å². The third kappa shape index (κ3) is 4.14. The summed E-state index contributed by atoms with van der Waals surface area (Å²) in [6.07, 6.45) is 1.55. The number of amides is 1. The highest BCUT2D eigenvalue weighted by Gasteiger charge is 2.05. The summed E-state index contributed by atoms with van der Waals surface area (Å²) in [7, 11) is 0. The van der Waals surface area contributed by atoms with Crippen LogP contribution in [0.2, 0.25) is 5.15 Å². The molecule has 0 saturated carbocycles. The van der Waals surface area contributed by atoms with Gasteiger partial charge in [-0.05, 0) is 12.1 Å². The third-order valence-electron chi connectivity index (χ3n) is 2.18. The van der Waals surface area contributed by atoms with Gasteiger partial charge >= 0.3 is 0 Å². The van der Waals surface area contributed by atoms with E-state index in [0.717, 1.165) is 0 Å². The molecular weight excluding hydrogens is 270 g/mol. The average Bonchev–Trinajstić information content (AvgIpc) is 2.86. The van der Waals surface area contributed by atoms with Crippen LogP contribution in [0.1, 0.15) is 5.76 Å². The molecule has 0 saturated heterocycles. The molecule has 1 amide bonds. The van der Waals surface area contributed by atoms with Crippen molar-refractivity contribution < 1.29 is 9.21 Å². The Morgan fingerprint density at radius 3 is 3.00 bits per heavy atom. The van der Waals surface area contributed by atoms with Crippen LogP contribution >= 0.6 is 11.6 Å². The summed E-state index contributed by atoms with van der Waals surface area (Å²) in [5, 5.41) is 5.69. The molecule has 100 valence electrons. The predicted molar refractivity (Wildman–Crippen MR) is 70.5 cm³/mol. The highest BCUT2D eigenvalue weighted by atomic mass is 35.5. The van der Waals surface area contributed by atoms with Gasteiger partial charge in [-0.25, -0.2) is 4.98 Å². The Kier molecular flexibility index (Phi) is 4.19. The molecule has 0 atom stereocenters. The van der Waals surface area contributed by atoms with Crippen LogP contribution in [0, 0.1) is 0 Å². The van der Waals surface area contributed by atoms with Crippen molar-refractivity contribution in [1.82, 2.24) is 15.3 Å². The lowest BCUT2D eigenvalue weighted by atomic mass is 10.4. The van der Waals surface area contributed by atoms with E-state index in [1.165, 1.54) is 6.07 Å². The molecule has 0 aliphatic rings. The zero-order valence-corrected chi connectivity index (χ0v) is 10.6. The minimum atomic E-state index is -0.204. The van der Waals surface area contributed by atoms with Crippen LogP contribution in [0.3, 0.4) is 0 Å². The van der Waals surface area contributed by atoms with Crippen molar-refractivity contribution in [3.05, 3.63) is 35.4 Å². The fourth-order valence-corrected chi connectivity index (χ4v) is 1.55. The number of nitrogens with one attached hydrogen (secondary N) is 2. The van der Waals surface area contributed by atoms with Crippen LogP contribution in [0.15, 0.2) is 28.9 Å². The summed E-state index contributed by atoms with van der Waals surface area (Å²) in [5.74, 6) is 0.920. The molecule has 0 spiro atoms. The number of hydrogen-bond donors (Lipinski definition) is 3. The zero-order chi connectivity index (χ0) is 13.7. The SMILES string of the molecule is Nc1nc(Cl)cc(NCC(=O)NCc2ccco2)n1. The Morgan fingerprint density at radius 1 is 1.47 bits per heavy atom. The molecule has 4 N–H and O–H groups in total. The van der Waals surface area contributed by atoms with E-state index < -0.39 is 0 Å². The molecule has 2 aromatic heterocycles. The average molecular weight is 282 g/mol. The first-order valence-corrected chi connectivity index (χ1v) is 5.84. The quantitative estimate of drug-likeness (QED) is 0.707. The lowest BCUT2D eigenvalue weighted by Crippen LogP contribution is -2.29. The van der Waals surface area contributed by atoms with Gasteiger partial charge in [0.15, 0.2) is 0 Å². The van der Waals surface area contributed by atoms with Crippen molar-refractivity contribution in [2.75, 3.05) is 17.6 Å².